The van der Waals surface area contributed by atoms with Gasteiger partial charge in [0.05, 0.1) is 5.38 Å². The summed E-state index contributed by atoms with van der Waals surface area (Å²) in [5.41, 5.74) is 0. The molecule has 0 spiro atoms. The van der Waals surface area contributed by atoms with Crippen molar-refractivity contribution in [1.82, 2.24) is 0 Å². The second-order valence-corrected chi connectivity index (χ2v) is 3.37. The molecule has 4 nitrogen and oxygen atoms in total. The van der Waals surface area contributed by atoms with Gasteiger partial charge in [0.25, 0.3) is 0 Å². The van der Waals surface area contributed by atoms with Gasteiger partial charge in [-0.1, -0.05) is 19.8 Å². The zero-order valence-corrected chi connectivity index (χ0v) is 8.12. The SMILES string of the molecule is CCCCC(Cl)C(C(=O)O)C(=O)O. The van der Waals surface area contributed by atoms with Crippen molar-refractivity contribution >= 4 is 23.5 Å². The molecule has 0 aliphatic rings. The van der Waals surface area contributed by atoms with E-state index in [0.717, 1.165) is 12.8 Å². The average Bonchev–Trinajstić information content (AvgIpc) is 1.99. The first-order valence-electron chi connectivity index (χ1n) is 4.10. The summed E-state index contributed by atoms with van der Waals surface area (Å²) in [6.45, 7) is 1.93. The largest absolute Gasteiger partial charge is 0.481 e. The second-order valence-electron chi connectivity index (χ2n) is 2.81. The molecule has 2 N–H and O–H groups in total. The van der Waals surface area contributed by atoms with Crippen molar-refractivity contribution in [3.05, 3.63) is 0 Å². The fraction of sp³-hybridized carbons (Fsp3) is 0.750. The van der Waals surface area contributed by atoms with Crippen LogP contribution in [-0.2, 0) is 9.59 Å². The fourth-order valence-electron chi connectivity index (χ4n) is 0.981. The molecule has 0 aromatic heterocycles. The van der Waals surface area contributed by atoms with Gasteiger partial charge in [-0.3, -0.25) is 9.59 Å². The van der Waals surface area contributed by atoms with Crippen molar-refractivity contribution in [2.24, 2.45) is 5.92 Å². The molecule has 0 heterocycles. The van der Waals surface area contributed by atoms with E-state index in [2.05, 4.69) is 0 Å². The Kier molecular flexibility index (Phi) is 5.46. The van der Waals surface area contributed by atoms with Crippen LogP contribution in [0.3, 0.4) is 0 Å². The summed E-state index contributed by atoms with van der Waals surface area (Å²) < 4.78 is 0. The van der Waals surface area contributed by atoms with Crippen molar-refractivity contribution in [3.8, 4) is 0 Å². The number of hydrogen-bond acceptors (Lipinski definition) is 2. The van der Waals surface area contributed by atoms with Crippen LogP contribution >= 0.6 is 11.6 Å². The lowest BCUT2D eigenvalue weighted by Crippen LogP contribution is -2.31. The molecule has 1 unspecified atom stereocenters. The lowest BCUT2D eigenvalue weighted by Gasteiger charge is -2.13. The average molecular weight is 209 g/mol. The van der Waals surface area contributed by atoms with E-state index in [9.17, 15) is 9.59 Å². The highest BCUT2D eigenvalue weighted by Gasteiger charge is 2.32. The van der Waals surface area contributed by atoms with Crippen LogP contribution in [0.25, 0.3) is 0 Å². The number of halogens is 1. The summed E-state index contributed by atoms with van der Waals surface area (Å²) in [6, 6.07) is 0. The molecule has 0 fully saturated rings. The maximum atomic E-state index is 10.5. The quantitative estimate of drug-likeness (QED) is 0.513. The first-order chi connectivity index (χ1) is 6.00. The van der Waals surface area contributed by atoms with Gasteiger partial charge in [0, 0.05) is 0 Å². The molecule has 13 heavy (non-hydrogen) atoms. The van der Waals surface area contributed by atoms with E-state index < -0.39 is 23.2 Å². The first kappa shape index (κ1) is 12.2. The molecule has 0 radical (unpaired) electrons. The number of rotatable bonds is 6. The highest BCUT2D eigenvalue weighted by molar-refractivity contribution is 6.24. The zero-order chi connectivity index (χ0) is 10.4. The third kappa shape index (κ3) is 4.12. The summed E-state index contributed by atoms with van der Waals surface area (Å²) in [7, 11) is 0. The Labute approximate surface area is 81.5 Å². The molecule has 0 aromatic rings. The van der Waals surface area contributed by atoms with Gasteiger partial charge in [0.1, 0.15) is 0 Å². The predicted octanol–water partition coefficient (Wildman–Crippen LogP) is 1.57. The molecule has 1 atom stereocenters. The molecule has 0 bridgehead atoms. The van der Waals surface area contributed by atoms with Crippen molar-refractivity contribution in [1.29, 1.82) is 0 Å². The lowest BCUT2D eigenvalue weighted by molar-refractivity contribution is -0.154. The molecule has 76 valence electrons. The normalized spacial score (nSPS) is 12.8. The Morgan fingerprint density at radius 2 is 1.77 bits per heavy atom. The molecule has 5 heteroatoms. The Morgan fingerprint density at radius 3 is 2.08 bits per heavy atom. The Hall–Kier alpha value is -0.770. The molecule has 0 aromatic carbocycles. The molecular weight excluding hydrogens is 196 g/mol. The lowest BCUT2D eigenvalue weighted by atomic mass is 10.0. The van der Waals surface area contributed by atoms with Crippen LogP contribution in [0.1, 0.15) is 26.2 Å². The van der Waals surface area contributed by atoms with Crippen LogP contribution < -0.4 is 0 Å². The van der Waals surface area contributed by atoms with Crippen LogP contribution in [0.5, 0.6) is 0 Å². The number of unbranched alkanes of at least 4 members (excludes halogenated alkanes) is 1. The van der Waals surface area contributed by atoms with E-state index in [1.165, 1.54) is 0 Å². The minimum atomic E-state index is -1.49. The number of carbonyl (C=O) groups is 2. The summed E-state index contributed by atoms with van der Waals surface area (Å²) in [5, 5.41) is 16.3. The minimum absolute atomic E-state index is 0.418. The highest BCUT2D eigenvalue weighted by atomic mass is 35.5. The maximum absolute atomic E-state index is 10.5. The molecule has 0 saturated heterocycles. The van der Waals surface area contributed by atoms with Crippen molar-refractivity contribution in [2.75, 3.05) is 0 Å². The molecule has 0 aliphatic carbocycles. The number of hydrogen-bond donors (Lipinski definition) is 2. The van der Waals surface area contributed by atoms with E-state index in [1.54, 1.807) is 0 Å². The van der Waals surface area contributed by atoms with Gasteiger partial charge < -0.3 is 10.2 Å². The van der Waals surface area contributed by atoms with Crippen molar-refractivity contribution < 1.29 is 19.8 Å². The molecule has 0 saturated carbocycles. The van der Waals surface area contributed by atoms with Gasteiger partial charge in [-0.05, 0) is 6.42 Å². The van der Waals surface area contributed by atoms with Crippen molar-refractivity contribution in [3.63, 3.8) is 0 Å². The number of alkyl halides is 1. The maximum Gasteiger partial charge on any atom is 0.319 e. The summed E-state index contributed by atoms with van der Waals surface area (Å²) in [4.78, 5) is 21.0. The summed E-state index contributed by atoms with van der Waals surface area (Å²) in [6.07, 6.45) is 2.03. The smallest absolute Gasteiger partial charge is 0.319 e. The van der Waals surface area contributed by atoms with E-state index >= 15 is 0 Å². The van der Waals surface area contributed by atoms with Crippen LogP contribution in [0, 0.1) is 5.92 Å². The van der Waals surface area contributed by atoms with Gasteiger partial charge >= 0.3 is 11.9 Å². The van der Waals surface area contributed by atoms with Crippen molar-refractivity contribution in [2.45, 2.75) is 31.6 Å². The fourth-order valence-corrected chi connectivity index (χ4v) is 1.35. The number of carboxylic acid groups (broad SMARTS) is 2. The Balaban J connectivity index is 4.20. The molecule has 0 amide bonds. The molecule has 0 aliphatic heterocycles. The molecule has 0 rings (SSSR count). The minimum Gasteiger partial charge on any atom is -0.481 e. The van der Waals surface area contributed by atoms with Crippen LogP contribution in [0.4, 0.5) is 0 Å². The van der Waals surface area contributed by atoms with Crippen LogP contribution in [0.15, 0.2) is 0 Å². The van der Waals surface area contributed by atoms with Crippen LogP contribution in [-0.4, -0.2) is 27.5 Å². The standard InChI is InChI=1S/C8H13ClO4/c1-2-3-4-5(9)6(7(10)11)8(12)13/h5-6H,2-4H2,1H3,(H,10,11)(H,12,13). The third-order valence-corrected chi connectivity index (χ3v) is 2.20. The van der Waals surface area contributed by atoms with Crippen LogP contribution in [0.2, 0.25) is 0 Å². The Morgan fingerprint density at radius 1 is 1.31 bits per heavy atom. The van der Waals surface area contributed by atoms with E-state index in [-0.39, 0.29) is 0 Å². The van der Waals surface area contributed by atoms with E-state index in [1.807, 2.05) is 6.92 Å². The highest BCUT2D eigenvalue weighted by Crippen LogP contribution is 2.18. The monoisotopic (exact) mass is 208 g/mol. The van der Waals surface area contributed by atoms with Gasteiger partial charge in [0.2, 0.25) is 0 Å². The number of carboxylic acids is 2. The van der Waals surface area contributed by atoms with Gasteiger partial charge in [0.15, 0.2) is 5.92 Å². The Bertz CT molecular complexity index is 179. The van der Waals surface area contributed by atoms with Gasteiger partial charge in [-0.15, -0.1) is 11.6 Å². The predicted molar refractivity (Wildman–Crippen MR) is 47.9 cm³/mol. The zero-order valence-electron chi connectivity index (χ0n) is 7.36. The summed E-state index contributed by atoms with van der Waals surface area (Å²) >= 11 is 5.65. The first-order valence-corrected chi connectivity index (χ1v) is 4.54. The third-order valence-electron chi connectivity index (χ3n) is 1.73. The van der Waals surface area contributed by atoms with Gasteiger partial charge in [-0.25, -0.2) is 0 Å². The topological polar surface area (TPSA) is 74.6 Å². The molecular formula is C8H13ClO4. The summed E-state index contributed by atoms with van der Waals surface area (Å²) in [5.74, 6) is -4.24. The number of aliphatic carboxylic acids is 2. The second kappa shape index (κ2) is 5.80. The van der Waals surface area contributed by atoms with Gasteiger partial charge in [-0.2, -0.15) is 0 Å². The van der Waals surface area contributed by atoms with E-state index in [0.29, 0.717) is 6.42 Å². The van der Waals surface area contributed by atoms with E-state index in [4.69, 9.17) is 21.8 Å².